The fourth-order valence-electron chi connectivity index (χ4n) is 2.90. The highest BCUT2D eigenvalue weighted by Gasteiger charge is 2.19. The summed E-state index contributed by atoms with van der Waals surface area (Å²) in [5.74, 6) is 1.78. The van der Waals surface area contributed by atoms with Gasteiger partial charge in [-0.25, -0.2) is 4.79 Å². The molecule has 2 heterocycles. The molecule has 2 aromatic heterocycles. The number of aromatic amines is 1. The van der Waals surface area contributed by atoms with E-state index >= 15 is 0 Å². The second-order valence-corrected chi connectivity index (χ2v) is 7.60. The van der Waals surface area contributed by atoms with Crippen LogP contribution in [0.3, 0.4) is 0 Å². The van der Waals surface area contributed by atoms with Crippen LogP contribution in [-0.4, -0.2) is 32.0 Å². The molecule has 4 rings (SSSR count). The molecule has 0 unspecified atom stereocenters. The Morgan fingerprint density at radius 2 is 1.90 bits per heavy atom. The quantitative estimate of drug-likeness (QED) is 0.477. The van der Waals surface area contributed by atoms with E-state index in [1.54, 1.807) is 36.4 Å². The first kappa shape index (κ1) is 20.2. The third kappa shape index (κ3) is 3.59. The van der Waals surface area contributed by atoms with Crippen molar-refractivity contribution < 1.29 is 9.26 Å². The van der Waals surface area contributed by atoms with E-state index < -0.39 is 5.69 Å². The lowest BCUT2D eigenvalue weighted by Gasteiger charge is -2.07. The number of hydrogen-bond donors (Lipinski definition) is 1. The first-order valence-electron chi connectivity index (χ1n) is 9.05. The molecule has 8 nitrogen and oxygen atoms in total. The lowest BCUT2D eigenvalue weighted by molar-refractivity contribution is 0.401. The van der Waals surface area contributed by atoms with E-state index in [9.17, 15) is 4.79 Å². The van der Waals surface area contributed by atoms with Crippen LogP contribution in [0.2, 0.25) is 10.0 Å². The van der Waals surface area contributed by atoms with E-state index in [2.05, 4.69) is 20.2 Å². The molecule has 0 fully saturated rings. The van der Waals surface area contributed by atoms with Crippen LogP contribution in [0.4, 0.5) is 0 Å². The fraction of sp³-hybridized carbons (Fsp3) is 0.200. The van der Waals surface area contributed by atoms with Gasteiger partial charge in [0.05, 0.1) is 34.0 Å². The van der Waals surface area contributed by atoms with E-state index in [0.29, 0.717) is 44.3 Å². The molecule has 154 valence electrons. The molecule has 0 aliphatic heterocycles. The van der Waals surface area contributed by atoms with Gasteiger partial charge < -0.3 is 9.26 Å². The van der Waals surface area contributed by atoms with Gasteiger partial charge >= 0.3 is 5.69 Å². The predicted molar refractivity (Wildman–Crippen MR) is 114 cm³/mol. The highest BCUT2D eigenvalue weighted by molar-refractivity contribution is 6.38. The molecule has 0 amide bonds. The molecule has 0 aliphatic rings. The van der Waals surface area contributed by atoms with Gasteiger partial charge in [-0.05, 0) is 24.3 Å². The standard InChI is InChI=1S/C20H17Cl2N5O3/c1-10(2)17-23-19(30-26-17)12-8-7-11(9-15(12)29-3)27-20(28)24-18(25-27)16-13(21)5-4-6-14(16)22/h4-10H,1-3H3,(H,24,25,28). The van der Waals surface area contributed by atoms with E-state index in [1.807, 2.05) is 13.8 Å². The second kappa shape index (κ2) is 7.97. The average molecular weight is 446 g/mol. The van der Waals surface area contributed by atoms with Crippen molar-refractivity contribution >= 4 is 23.2 Å². The molecule has 0 aliphatic carbocycles. The Labute approximate surface area is 181 Å². The number of ether oxygens (including phenoxy) is 1. The summed E-state index contributed by atoms with van der Waals surface area (Å²) < 4.78 is 12.0. The van der Waals surface area contributed by atoms with Crippen LogP contribution in [0.5, 0.6) is 5.75 Å². The Morgan fingerprint density at radius 3 is 2.53 bits per heavy atom. The van der Waals surface area contributed by atoms with Crippen LogP contribution in [-0.2, 0) is 0 Å². The number of nitrogens with zero attached hydrogens (tertiary/aromatic N) is 4. The molecule has 0 saturated carbocycles. The molecular weight excluding hydrogens is 429 g/mol. The lowest BCUT2D eigenvalue weighted by atomic mass is 10.1. The molecule has 0 spiro atoms. The first-order valence-corrected chi connectivity index (χ1v) is 9.80. The summed E-state index contributed by atoms with van der Waals surface area (Å²) >= 11 is 12.5. The minimum Gasteiger partial charge on any atom is -0.496 e. The largest absolute Gasteiger partial charge is 0.496 e. The SMILES string of the molecule is COc1cc(-n2nc(-c3c(Cl)cccc3Cl)[nH]c2=O)ccc1-c1nc(C(C)C)no1. The van der Waals surface area contributed by atoms with Gasteiger partial charge in [-0.3, -0.25) is 4.98 Å². The number of benzene rings is 2. The van der Waals surface area contributed by atoms with Crippen molar-refractivity contribution in [1.82, 2.24) is 24.9 Å². The second-order valence-electron chi connectivity index (χ2n) is 6.78. The van der Waals surface area contributed by atoms with Gasteiger partial charge in [0.1, 0.15) is 5.75 Å². The molecule has 0 saturated heterocycles. The molecule has 0 radical (unpaired) electrons. The molecular formula is C20H17Cl2N5O3. The fourth-order valence-corrected chi connectivity index (χ4v) is 3.48. The van der Waals surface area contributed by atoms with Gasteiger partial charge in [0.25, 0.3) is 5.89 Å². The highest BCUT2D eigenvalue weighted by Crippen LogP contribution is 2.33. The van der Waals surface area contributed by atoms with Crippen molar-refractivity contribution in [3.63, 3.8) is 0 Å². The van der Waals surface area contributed by atoms with Crippen molar-refractivity contribution in [1.29, 1.82) is 0 Å². The number of rotatable bonds is 5. The molecule has 30 heavy (non-hydrogen) atoms. The Morgan fingerprint density at radius 1 is 1.17 bits per heavy atom. The molecule has 1 N–H and O–H groups in total. The highest BCUT2D eigenvalue weighted by atomic mass is 35.5. The predicted octanol–water partition coefficient (Wildman–Crippen LogP) is 4.72. The Bertz CT molecular complexity index is 1260. The zero-order valence-corrected chi connectivity index (χ0v) is 17.8. The maximum absolute atomic E-state index is 12.5. The maximum Gasteiger partial charge on any atom is 0.348 e. The third-order valence-corrected chi connectivity index (χ3v) is 5.07. The molecule has 4 aromatic rings. The Hall–Kier alpha value is -3.10. The summed E-state index contributed by atoms with van der Waals surface area (Å²) in [6.07, 6.45) is 0. The summed E-state index contributed by atoms with van der Waals surface area (Å²) in [4.78, 5) is 19.6. The average Bonchev–Trinajstić information content (AvgIpc) is 3.35. The minimum absolute atomic E-state index is 0.130. The number of methoxy groups -OCH3 is 1. The van der Waals surface area contributed by atoms with Crippen LogP contribution < -0.4 is 10.4 Å². The summed E-state index contributed by atoms with van der Waals surface area (Å²) in [7, 11) is 1.52. The van der Waals surface area contributed by atoms with Crippen LogP contribution >= 0.6 is 23.2 Å². The summed E-state index contributed by atoms with van der Waals surface area (Å²) in [5, 5.41) is 9.09. The summed E-state index contributed by atoms with van der Waals surface area (Å²) in [5.41, 5.74) is 1.09. The number of aromatic nitrogens is 5. The lowest BCUT2D eigenvalue weighted by Crippen LogP contribution is -2.16. The number of halogens is 2. The minimum atomic E-state index is -0.448. The van der Waals surface area contributed by atoms with Gasteiger partial charge in [-0.2, -0.15) is 9.67 Å². The van der Waals surface area contributed by atoms with Crippen molar-refractivity contribution in [2.75, 3.05) is 7.11 Å². The van der Waals surface area contributed by atoms with Crippen LogP contribution in [0.15, 0.2) is 45.7 Å². The molecule has 0 atom stereocenters. The molecule has 0 bridgehead atoms. The van der Waals surface area contributed by atoms with Crippen LogP contribution in [0.25, 0.3) is 28.5 Å². The molecule has 10 heteroatoms. The third-order valence-electron chi connectivity index (χ3n) is 4.44. The van der Waals surface area contributed by atoms with E-state index in [4.69, 9.17) is 32.5 Å². The zero-order chi connectivity index (χ0) is 21.4. The van der Waals surface area contributed by atoms with Gasteiger partial charge in [-0.15, -0.1) is 5.10 Å². The van der Waals surface area contributed by atoms with E-state index in [1.165, 1.54) is 11.8 Å². The first-order chi connectivity index (χ1) is 14.4. The van der Waals surface area contributed by atoms with E-state index in [-0.39, 0.29) is 11.7 Å². The Kier molecular flexibility index (Phi) is 5.36. The maximum atomic E-state index is 12.5. The van der Waals surface area contributed by atoms with E-state index in [0.717, 1.165) is 0 Å². The summed E-state index contributed by atoms with van der Waals surface area (Å²) in [6.45, 7) is 3.95. The van der Waals surface area contributed by atoms with Gasteiger partial charge in [0.2, 0.25) is 0 Å². The number of hydrogen-bond acceptors (Lipinski definition) is 6. The Balaban J connectivity index is 1.77. The zero-order valence-electron chi connectivity index (χ0n) is 16.3. The number of H-pyrrole nitrogens is 1. The smallest absolute Gasteiger partial charge is 0.348 e. The van der Waals surface area contributed by atoms with Gasteiger partial charge in [0.15, 0.2) is 11.6 Å². The van der Waals surface area contributed by atoms with Gasteiger partial charge in [-0.1, -0.05) is 48.3 Å². The van der Waals surface area contributed by atoms with Crippen molar-refractivity contribution in [2.45, 2.75) is 19.8 Å². The van der Waals surface area contributed by atoms with Crippen LogP contribution in [0, 0.1) is 0 Å². The monoisotopic (exact) mass is 445 g/mol. The summed E-state index contributed by atoms with van der Waals surface area (Å²) in [6, 6.07) is 10.2. The van der Waals surface area contributed by atoms with Crippen molar-refractivity contribution in [2.24, 2.45) is 0 Å². The van der Waals surface area contributed by atoms with Crippen molar-refractivity contribution in [3.05, 3.63) is 62.8 Å². The molecule has 2 aromatic carbocycles. The topological polar surface area (TPSA) is 98.8 Å². The number of nitrogens with one attached hydrogen (secondary N) is 1. The van der Waals surface area contributed by atoms with Crippen molar-refractivity contribution in [3.8, 4) is 34.3 Å². The normalized spacial score (nSPS) is 11.3. The van der Waals surface area contributed by atoms with Gasteiger partial charge in [0, 0.05) is 12.0 Å². The van der Waals surface area contributed by atoms with Crippen LogP contribution in [0.1, 0.15) is 25.6 Å².